The number of carboxylic acids is 1. The first kappa shape index (κ1) is 10.7. The van der Waals surface area contributed by atoms with E-state index < -0.39 is 5.97 Å². The third-order valence-electron chi connectivity index (χ3n) is 2.27. The smallest absolute Gasteiger partial charge is 0.336 e. The SMILES string of the molecule is CC(C)C(N)c1ccccc1C(=O)O. The lowest BCUT2D eigenvalue weighted by Gasteiger charge is -2.17. The Bertz CT molecular complexity index is 334. The van der Waals surface area contributed by atoms with Gasteiger partial charge in [0.2, 0.25) is 0 Å². The van der Waals surface area contributed by atoms with Gasteiger partial charge in [0, 0.05) is 6.04 Å². The quantitative estimate of drug-likeness (QED) is 0.772. The topological polar surface area (TPSA) is 63.3 Å². The van der Waals surface area contributed by atoms with Gasteiger partial charge in [0.25, 0.3) is 0 Å². The summed E-state index contributed by atoms with van der Waals surface area (Å²) in [5, 5.41) is 8.94. The van der Waals surface area contributed by atoms with E-state index in [0.29, 0.717) is 11.1 Å². The number of aromatic carboxylic acids is 1. The van der Waals surface area contributed by atoms with Gasteiger partial charge in [0.1, 0.15) is 0 Å². The van der Waals surface area contributed by atoms with Crippen molar-refractivity contribution in [3.63, 3.8) is 0 Å². The predicted octanol–water partition coefficient (Wildman–Crippen LogP) is 2.04. The van der Waals surface area contributed by atoms with Crippen LogP contribution in [0.4, 0.5) is 0 Å². The van der Waals surface area contributed by atoms with E-state index in [1.807, 2.05) is 19.9 Å². The van der Waals surface area contributed by atoms with E-state index >= 15 is 0 Å². The average Bonchev–Trinajstić information content (AvgIpc) is 2.16. The summed E-state index contributed by atoms with van der Waals surface area (Å²) in [5.41, 5.74) is 6.92. The van der Waals surface area contributed by atoms with Gasteiger partial charge in [-0.2, -0.15) is 0 Å². The van der Waals surface area contributed by atoms with E-state index in [4.69, 9.17) is 10.8 Å². The molecule has 0 aromatic heterocycles. The monoisotopic (exact) mass is 193 g/mol. The van der Waals surface area contributed by atoms with Crippen LogP contribution in [0.2, 0.25) is 0 Å². The molecule has 0 aliphatic rings. The van der Waals surface area contributed by atoms with Gasteiger partial charge in [-0.05, 0) is 17.5 Å². The Morgan fingerprint density at radius 3 is 2.43 bits per heavy atom. The number of nitrogens with two attached hydrogens (primary N) is 1. The van der Waals surface area contributed by atoms with Gasteiger partial charge in [0.05, 0.1) is 5.56 Å². The molecule has 1 atom stereocenters. The molecule has 1 rings (SSSR count). The van der Waals surface area contributed by atoms with E-state index in [1.165, 1.54) is 0 Å². The standard InChI is InChI=1S/C11H15NO2/c1-7(2)10(12)8-5-3-4-6-9(8)11(13)14/h3-7,10H,12H2,1-2H3,(H,13,14). The minimum absolute atomic E-state index is 0.220. The molecule has 0 heterocycles. The minimum atomic E-state index is -0.920. The van der Waals surface area contributed by atoms with E-state index in [-0.39, 0.29) is 12.0 Å². The van der Waals surface area contributed by atoms with Gasteiger partial charge in [-0.1, -0.05) is 32.0 Å². The normalized spacial score (nSPS) is 12.9. The summed E-state index contributed by atoms with van der Waals surface area (Å²) in [5.74, 6) is -0.688. The highest BCUT2D eigenvalue weighted by Crippen LogP contribution is 2.22. The zero-order chi connectivity index (χ0) is 10.7. The first-order valence-electron chi connectivity index (χ1n) is 4.62. The summed E-state index contributed by atoms with van der Waals surface area (Å²) in [6.45, 7) is 3.95. The Morgan fingerprint density at radius 1 is 1.36 bits per heavy atom. The summed E-state index contributed by atoms with van der Waals surface area (Å²) < 4.78 is 0. The number of carboxylic acid groups (broad SMARTS) is 1. The molecular weight excluding hydrogens is 178 g/mol. The predicted molar refractivity (Wildman–Crippen MR) is 55.2 cm³/mol. The van der Waals surface area contributed by atoms with Crippen LogP contribution in [0.3, 0.4) is 0 Å². The maximum Gasteiger partial charge on any atom is 0.336 e. The summed E-state index contributed by atoms with van der Waals surface area (Å²) in [6.07, 6.45) is 0. The van der Waals surface area contributed by atoms with Crippen LogP contribution < -0.4 is 5.73 Å². The zero-order valence-corrected chi connectivity index (χ0v) is 8.40. The van der Waals surface area contributed by atoms with Crippen LogP contribution in [0.25, 0.3) is 0 Å². The maximum atomic E-state index is 10.9. The van der Waals surface area contributed by atoms with E-state index in [1.54, 1.807) is 18.2 Å². The van der Waals surface area contributed by atoms with Crippen LogP contribution in [-0.4, -0.2) is 11.1 Å². The molecule has 0 spiro atoms. The van der Waals surface area contributed by atoms with Crippen molar-refractivity contribution in [1.29, 1.82) is 0 Å². The molecule has 0 bridgehead atoms. The molecule has 1 unspecified atom stereocenters. The highest BCUT2D eigenvalue weighted by atomic mass is 16.4. The molecule has 1 aromatic rings. The number of rotatable bonds is 3. The van der Waals surface area contributed by atoms with E-state index in [2.05, 4.69) is 0 Å². The third kappa shape index (κ3) is 2.12. The van der Waals surface area contributed by atoms with Crippen LogP contribution in [0.1, 0.15) is 35.8 Å². The average molecular weight is 193 g/mol. The molecule has 14 heavy (non-hydrogen) atoms. The molecule has 0 saturated carbocycles. The van der Waals surface area contributed by atoms with Crippen molar-refractivity contribution in [1.82, 2.24) is 0 Å². The first-order valence-corrected chi connectivity index (χ1v) is 4.62. The van der Waals surface area contributed by atoms with Gasteiger partial charge in [-0.15, -0.1) is 0 Å². The molecule has 0 saturated heterocycles. The Labute approximate surface area is 83.6 Å². The maximum absolute atomic E-state index is 10.9. The molecule has 0 amide bonds. The molecule has 3 heteroatoms. The highest BCUT2D eigenvalue weighted by Gasteiger charge is 2.17. The molecular formula is C11H15NO2. The summed E-state index contributed by atoms with van der Waals surface area (Å²) in [7, 11) is 0. The molecule has 3 nitrogen and oxygen atoms in total. The van der Waals surface area contributed by atoms with E-state index in [0.717, 1.165) is 0 Å². The van der Waals surface area contributed by atoms with Gasteiger partial charge in [0.15, 0.2) is 0 Å². The van der Waals surface area contributed by atoms with Crippen LogP contribution in [-0.2, 0) is 0 Å². The Kier molecular flexibility index (Phi) is 3.25. The Hall–Kier alpha value is -1.35. The third-order valence-corrected chi connectivity index (χ3v) is 2.27. The van der Waals surface area contributed by atoms with Crippen LogP contribution in [0, 0.1) is 5.92 Å². The summed E-state index contributed by atoms with van der Waals surface area (Å²) in [6, 6.07) is 6.65. The summed E-state index contributed by atoms with van der Waals surface area (Å²) >= 11 is 0. The van der Waals surface area contributed by atoms with Crippen molar-refractivity contribution in [2.45, 2.75) is 19.9 Å². The molecule has 3 N–H and O–H groups in total. The fourth-order valence-electron chi connectivity index (χ4n) is 1.34. The van der Waals surface area contributed by atoms with E-state index in [9.17, 15) is 4.79 Å². The van der Waals surface area contributed by atoms with Crippen molar-refractivity contribution < 1.29 is 9.90 Å². The van der Waals surface area contributed by atoms with Crippen molar-refractivity contribution in [3.05, 3.63) is 35.4 Å². The lowest BCUT2D eigenvalue weighted by Crippen LogP contribution is -2.19. The second kappa shape index (κ2) is 4.24. The van der Waals surface area contributed by atoms with Gasteiger partial charge in [-0.3, -0.25) is 0 Å². The fourth-order valence-corrected chi connectivity index (χ4v) is 1.34. The van der Waals surface area contributed by atoms with Gasteiger partial charge in [-0.25, -0.2) is 4.79 Å². The highest BCUT2D eigenvalue weighted by molar-refractivity contribution is 5.89. The number of hydrogen-bond acceptors (Lipinski definition) is 2. The lowest BCUT2D eigenvalue weighted by molar-refractivity contribution is 0.0695. The molecule has 76 valence electrons. The van der Waals surface area contributed by atoms with Gasteiger partial charge < -0.3 is 10.8 Å². The van der Waals surface area contributed by atoms with Crippen molar-refractivity contribution in [2.75, 3.05) is 0 Å². The molecule has 0 fully saturated rings. The van der Waals surface area contributed by atoms with Gasteiger partial charge >= 0.3 is 5.97 Å². The minimum Gasteiger partial charge on any atom is -0.478 e. The summed E-state index contributed by atoms with van der Waals surface area (Å²) in [4.78, 5) is 10.9. The largest absolute Gasteiger partial charge is 0.478 e. The fraction of sp³-hybridized carbons (Fsp3) is 0.364. The second-order valence-corrected chi connectivity index (χ2v) is 3.66. The van der Waals surface area contributed by atoms with Crippen molar-refractivity contribution in [2.24, 2.45) is 11.7 Å². The molecule has 0 radical (unpaired) electrons. The van der Waals surface area contributed by atoms with Crippen molar-refractivity contribution in [3.8, 4) is 0 Å². The van der Waals surface area contributed by atoms with Crippen LogP contribution in [0.15, 0.2) is 24.3 Å². The number of carbonyl (C=O) groups is 1. The lowest BCUT2D eigenvalue weighted by atomic mass is 9.93. The van der Waals surface area contributed by atoms with Crippen LogP contribution in [0.5, 0.6) is 0 Å². The Balaban J connectivity index is 3.13. The Morgan fingerprint density at radius 2 is 1.93 bits per heavy atom. The molecule has 0 aliphatic carbocycles. The van der Waals surface area contributed by atoms with Crippen molar-refractivity contribution >= 4 is 5.97 Å². The first-order chi connectivity index (χ1) is 6.54. The number of benzene rings is 1. The van der Waals surface area contributed by atoms with Crippen LogP contribution >= 0.6 is 0 Å². The molecule has 0 aliphatic heterocycles. The number of hydrogen-bond donors (Lipinski definition) is 2. The second-order valence-electron chi connectivity index (χ2n) is 3.66. The zero-order valence-electron chi connectivity index (χ0n) is 8.40. The molecule has 1 aromatic carbocycles.